The van der Waals surface area contributed by atoms with E-state index < -0.39 is 62.1 Å². The Kier molecular flexibility index (Phi) is 9.75. The van der Waals surface area contributed by atoms with Crippen molar-refractivity contribution in [2.24, 2.45) is 0 Å². The molecule has 1 atom stereocenters. The lowest BCUT2D eigenvalue weighted by molar-refractivity contribution is -0.289. The Hall–Kier alpha value is -2.25. The Morgan fingerprint density at radius 1 is 0.919 bits per heavy atom. The molecule has 1 unspecified atom stereocenters. The lowest BCUT2D eigenvalue weighted by Gasteiger charge is -2.30. The van der Waals surface area contributed by atoms with Crippen LogP contribution < -0.4 is 4.74 Å². The molecular weight excluding hydrogens is 548 g/mol. The number of hydrogen-bond acceptors (Lipinski definition) is 3. The highest BCUT2D eigenvalue weighted by Gasteiger charge is 2.58. The van der Waals surface area contributed by atoms with E-state index in [1.165, 1.54) is 18.2 Å². The van der Waals surface area contributed by atoms with Crippen LogP contribution in [0.5, 0.6) is 5.75 Å². The molecular formula is C23H22ClF10NO2. The maximum absolute atomic E-state index is 14.6. The molecule has 3 nitrogen and oxygen atoms in total. The van der Waals surface area contributed by atoms with Gasteiger partial charge in [0.1, 0.15) is 5.75 Å². The van der Waals surface area contributed by atoms with Crippen molar-refractivity contribution >= 4 is 11.6 Å². The fourth-order valence-corrected chi connectivity index (χ4v) is 3.50. The first kappa shape index (κ1) is 31.0. The summed E-state index contributed by atoms with van der Waals surface area (Å²) < 4.78 is 137. The second kappa shape index (κ2) is 11.6. The van der Waals surface area contributed by atoms with E-state index in [-0.39, 0.29) is 11.3 Å². The van der Waals surface area contributed by atoms with Crippen LogP contribution in [0.4, 0.5) is 43.9 Å². The van der Waals surface area contributed by atoms with Gasteiger partial charge in [-0.25, -0.2) is 8.78 Å². The van der Waals surface area contributed by atoms with Crippen molar-refractivity contribution in [2.75, 3.05) is 19.7 Å². The molecule has 1 N–H and O–H groups in total. The van der Waals surface area contributed by atoms with Gasteiger partial charge >= 0.3 is 18.3 Å². The van der Waals surface area contributed by atoms with Gasteiger partial charge in [-0.2, -0.15) is 35.1 Å². The van der Waals surface area contributed by atoms with Crippen LogP contribution in [0.3, 0.4) is 0 Å². The third-order valence-electron chi connectivity index (χ3n) is 5.19. The van der Waals surface area contributed by atoms with Gasteiger partial charge < -0.3 is 9.84 Å². The predicted molar refractivity (Wildman–Crippen MR) is 115 cm³/mol. The first-order valence-corrected chi connectivity index (χ1v) is 11.0. The second-order valence-electron chi connectivity index (χ2n) is 8.25. The number of ether oxygens (including phenoxy) is 1. The number of benzene rings is 2. The van der Waals surface area contributed by atoms with Crippen molar-refractivity contribution in [2.45, 2.75) is 50.2 Å². The molecule has 37 heavy (non-hydrogen) atoms. The fourth-order valence-electron chi connectivity index (χ4n) is 3.25. The van der Waals surface area contributed by atoms with Gasteiger partial charge in [0.05, 0.1) is 6.54 Å². The zero-order valence-corrected chi connectivity index (χ0v) is 19.9. The third-order valence-corrected chi connectivity index (χ3v) is 5.56. The second-order valence-corrected chi connectivity index (χ2v) is 8.65. The summed E-state index contributed by atoms with van der Waals surface area (Å²) in [6.45, 7) is -2.88. The number of nitrogens with zero attached hydrogens (tertiary/aromatic N) is 1. The molecule has 0 fully saturated rings. The molecule has 0 aliphatic carbocycles. The van der Waals surface area contributed by atoms with Crippen LogP contribution in [-0.2, 0) is 18.9 Å². The molecule has 2 aromatic rings. The fraction of sp³-hybridized carbons (Fsp3) is 0.478. The van der Waals surface area contributed by atoms with Crippen molar-refractivity contribution in [1.82, 2.24) is 4.90 Å². The number of aliphatic hydroxyl groups excluding tert-OH is 1. The maximum atomic E-state index is 14.6. The highest BCUT2D eigenvalue weighted by molar-refractivity contribution is 6.31. The summed E-state index contributed by atoms with van der Waals surface area (Å²) in [5, 5.41) is 9.77. The first-order valence-electron chi connectivity index (χ1n) is 10.7. The van der Waals surface area contributed by atoms with Gasteiger partial charge in [0.2, 0.25) is 0 Å². The van der Waals surface area contributed by atoms with Crippen LogP contribution in [0.1, 0.15) is 23.6 Å². The molecule has 2 aromatic carbocycles. The molecule has 0 amide bonds. The van der Waals surface area contributed by atoms with E-state index >= 15 is 0 Å². The molecule has 0 saturated heterocycles. The van der Waals surface area contributed by atoms with Crippen molar-refractivity contribution in [3.05, 3.63) is 64.2 Å². The van der Waals surface area contributed by atoms with Gasteiger partial charge in [0.15, 0.2) is 12.7 Å². The molecule has 14 heteroatoms. The van der Waals surface area contributed by atoms with Gasteiger partial charge in [0.25, 0.3) is 5.92 Å². The molecule has 0 aliphatic heterocycles. The Morgan fingerprint density at radius 3 is 2.03 bits per heavy atom. The van der Waals surface area contributed by atoms with E-state index in [2.05, 4.69) is 0 Å². The molecule has 2 rings (SSSR count). The zero-order chi connectivity index (χ0) is 28.2. The zero-order valence-electron chi connectivity index (χ0n) is 19.1. The van der Waals surface area contributed by atoms with Crippen LogP contribution >= 0.6 is 11.6 Å². The molecule has 0 saturated carbocycles. The molecule has 0 aliphatic rings. The van der Waals surface area contributed by atoms with Gasteiger partial charge in [-0.05, 0) is 35.7 Å². The predicted octanol–water partition coefficient (Wildman–Crippen LogP) is 7.00. The largest absolute Gasteiger partial charge is 0.487 e. The van der Waals surface area contributed by atoms with Gasteiger partial charge in [-0.3, -0.25) is 4.90 Å². The van der Waals surface area contributed by atoms with Crippen molar-refractivity contribution in [1.29, 1.82) is 0 Å². The van der Waals surface area contributed by atoms with Crippen LogP contribution in [0.15, 0.2) is 42.5 Å². The number of aliphatic hydroxyl groups is 1. The molecule has 0 bridgehead atoms. The van der Waals surface area contributed by atoms with Crippen LogP contribution in [0.25, 0.3) is 0 Å². The Morgan fingerprint density at radius 2 is 1.51 bits per heavy atom. The number of rotatable bonds is 11. The Labute approximate surface area is 210 Å². The van der Waals surface area contributed by atoms with Crippen molar-refractivity contribution in [3.8, 4) is 5.75 Å². The number of aryl methyl sites for hydroxylation is 1. The minimum atomic E-state index is -5.89. The van der Waals surface area contributed by atoms with E-state index in [1.54, 1.807) is 6.92 Å². The van der Waals surface area contributed by atoms with Crippen LogP contribution in [-0.4, -0.2) is 54.1 Å². The minimum absolute atomic E-state index is 0.0315. The monoisotopic (exact) mass is 569 g/mol. The molecule has 0 aromatic heterocycles. The average Bonchev–Trinajstić information content (AvgIpc) is 2.77. The smallest absolute Gasteiger partial charge is 0.458 e. The van der Waals surface area contributed by atoms with Crippen molar-refractivity contribution < 1.29 is 53.7 Å². The summed E-state index contributed by atoms with van der Waals surface area (Å²) in [4.78, 5) is 0.498. The SMILES string of the molecule is CCc1cc(OCC(F)(F)CN(Cc2ccc(C(F)(F)C(F)(F)F)cc2)CC(O)C(F)(F)F)ccc1Cl. The molecule has 208 valence electrons. The van der Waals surface area contributed by atoms with E-state index in [9.17, 15) is 49.0 Å². The number of alkyl halides is 10. The van der Waals surface area contributed by atoms with Crippen molar-refractivity contribution in [3.63, 3.8) is 0 Å². The Bertz CT molecular complexity index is 1030. The van der Waals surface area contributed by atoms with Gasteiger partial charge in [0, 0.05) is 23.7 Å². The van der Waals surface area contributed by atoms with E-state index in [0.717, 1.165) is 12.1 Å². The highest BCUT2D eigenvalue weighted by Crippen LogP contribution is 2.43. The van der Waals surface area contributed by atoms with E-state index in [0.29, 0.717) is 34.0 Å². The summed E-state index contributed by atoms with van der Waals surface area (Å²) in [6.07, 6.45) is -13.6. The summed E-state index contributed by atoms with van der Waals surface area (Å²) >= 11 is 5.95. The maximum Gasteiger partial charge on any atom is 0.458 e. The lowest BCUT2D eigenvalue weighted by atomic mass is 10.1. The van der Waals surface area contributed by atoms with Gasteiger partial charge in [-0.1, -0.05) is 42.8 Å². The summed E-state index contributed by atoms with van der Waals surface area (Å²) in [5.41, 5.74) is -0.964. The molecule has 0 spiro atoms. The Balaban J connectivity index is 2.19. The van der Waals surface area contributed by atoms with Crippen LogP contribution in [0, 0.1) is 0 Å². The standard InChI is InChI=1S/C23H22ClF10NO2/c1-2-15-9-17(7-8-18(15)24)37-13-20(25,26)12-35(11-19(36)22(29,30)31)10-14-3-5-16(6-4-14)21(27,28)23(32,33)34/h3-9,19,36H,2,10-13H2,1H3. The quantitative estimate of drug-likeness (QED) is 0.296. The van der Waals surface area contributed by atoms with Crippen LogP contribution in [0.2, 0.25) is 5.02 Å². The normalized spacial score (nSPS) is 14.2. The topological polar surface area (TPSA) is 32.7 Å². The minimum Gasteiger partial charge on any atom is -0.487 e. The average molecular weight is 570 g/mol. The first-order chi connectivity index (χ1) is 16.9. The number of halogens is 11. The van der Waals surface area contributed by atoms with E-state index in [1.807, 2.05) is 0 Å². The summed E-state index contributed by atoms with van der Waals surface area (Å²) in [6, 6.07) is 6.45. The summed E-state index contributed by atoms with van der Waals surface area (Å²) in [5.74, 6) is -8.91. The third kappa shape index (κ3) is 8.64. The molecule has 0 heterocycles. The summed E-state index contributed by atoms with van der Waals surface area (Å²) in [7, 11) is 0. The lowest BCUT2D eigenvalue weighted by Crippen LogP contribution is -2.46. The number of hydrogen-bond donors (Lipinski definition) is 1. The highest BCUT2D eigenvalue weighted by atomic mass is 35.5. The van der Waals surface area contributed by atoms with Gasteiger partial charge in [-0.15, -0.1) is 0 Å². The van der Waals surface area contributed by atoms with E-state index in [4.69, 9.17) is 16.3 Å². The molecule has 0 radical (unpaired) electrons.